The average Bonchev–Trinajstić information content (AvgIpc) is 1.82. The van der Waals surface area contributed by atoms with E-state index in [-0.39, 0.29) is 36.0 Å². The molecule has 68 valence electrons. The van der Waals surface area contributed by atoms with E-state index >= 15 is 0 Å². The first-order chi connectivity index (χ1) is 4.66. The maximum absolute atomic E-state index is 10.8. The summed E-state index contributed by atoms with van der Waals surface area (Å²) in [5.41, 5.74) is 0. The van der Waals surface area contributed by atoms with E-state index in [0.717, 1.165) is 12.8 Å². The van der Waals surface area contributed by atoms with Gasteiger partial charge in [-0.05, 0) is 20.3 Å². The Morgan fingerprint density at radius 1 is 1.45 bits per heavy atom. The van der Waals surface area contributed by atoms with Crippen molar-refractivity contribution in [3.63, 3.8) is 0 Å². The third kappa shape index (κ3) is 10.2. The van der Waals surface area contributed by atoms with Crippen LogP contribution >= 0.6 is 24.0 Å². The number of hydrogen-bond donors (Lipinski definition) is 0. The minimum absolute atomic E-state index is 0. The Morgan fingerprint density at radius 3 is 2.36 bits per heavy atom. The van der Waals surface area contributed by atoms with Crippen molar-refractivity contribution in [3.05, 3.63) is 0 Å². The summed E-state index contributed by atoms with van der Waals surface area (Å²) >= 11 is 0. The molecular formula is C8H17IO2. The second kappa shape index (κ2) is 8.30. The molecule has 0 amide bonds. The molecular weight excluding hydrogens is 255 g/mol. The van der Waals surface area contributed by atoms with Gasteiger partial charge in [0.25, 0.3) is 0 Å². The van der Waals surface area contributed by atoms with Gasteiger partial charge in [0.1, 0.15) is 0 Å². The van der Waals surface area contributed by atoms with Crippen molar-refractivity contribution < 1.29 is 9.53 Å². The second-order valence-corrected chi connectivity index (χ2v) is 2.64. The fraction of sp³-hybridized carbons (Fsp3) is 0.875. The quantitative estimate of drug-likeness (QED) is 0.581. The van der Waals surface area contributed by atoms with Gasteiger partial charge in [0.2, 0.25) is 0 Å². The van der Waals surface area contributed by atoms with Gasteiger partial charge in [-0.25, -0.2) is 0 Å². The normalized spacial score (nSPS) is 9.09. The average molecular weight is 272 g/mol. The van der Waals surface area contributed by atoms with E-state index in [4.69, 9.17) is 4.74 Å². The molecule has 0 aliphatic carbocycles. The molecule has 0 heterocycles. The Kier molecular flexibility index (Phi) is 10.4. The van der Waals surface area contributed by atoms with Crippen LogP contribution in [-0.4, -0.2) is 12.1 Å². The van der Waals surface area contributed by atoms with Crippen molar-refractivity contribution >= 4 is 29.9 Å². The van der Waals surface area contributed by atoms with Gasteiger partial charge in [0, 0.05) is 6.42 Å². The number of unbranched alkanes of at least 4 members (excludes halogenated alkanes) is 1. The van der Waals surface area contributed by atoms with Crippen LogP contribution in [0.2, 0.25) is 0 Å². The molecule has 0 bridgehead atoms. The van der Waals surface area contributed by atoms with Crippen LogP contribution in [0.1, 0.15) is 40.0 Å². The first kappa shape index (κ1) is 13.8. The maximum atomic E-state index is 10.8. The van der Waals surface area contributed by atoms with Gasteiger partial charge < -0.3 is 4.74 Å². The van der Waals surface area contributed by atoms with Gasteiger partial charge in [-0.2, -0.15) is 0 Å². The molecule has 0 aliphatic rings. The Labute approximate surface area is 85.7 Å². The minimum atomic E-state index is -0.0724. The smallest absolute Gasteiger partial charge is 0.306 e. The minimum Gasteiger partial charge on any atom is -0.463 e. The molecule has 0 rings (SSSR count). The highest BCUT2D eigenvalue weighted by molar-refractivity contribution is 14.0. The number of esters is 1. The first-order valence-electron chi connectivity index (χ1n) is 3.86. The highest BCUT2D eigenvalue weighted by atomic mass is 127. The summed E-state index contributed by atoms with van der Waals surface area (Å²) in [5, 5.41) is 0. The summed E-state index contributed by atoms with van der Waals surface area (Å²) in [4.78, 5) is 10.8. The lowest BCUT2D eigenvalue weighted by atomic mass is 10.2. The SMILES string of the molecule is CCCCC(=O)OC(C)C.I. The topological polar surface area (TPSA) is 26.3 Å². The summed E-state index contributed by atoms with van der Waals surface area (Å²) in [6.07, 6.45) is 2.58. The number of carbonyl (C=O) groups excluding carboxylic acids is 1. The molecule has 0 saturated heterocycles. The summed E-state index contributed by atoms with van der Waals surface area (Å²) in [5.74, 6) is -0.0724. The van der Waals surface area contributed by atoms with Gasteiger partial charge in [0.05, 0.1) is 6.10 Å². The molecule has 11 heavy (non-hydrogen) atoms. The van der Waals surface area contributed by atoms with E-state index < -0.39 is 0 Å². The van der Waals surface area contributed by atoms with Crippen molar-refractivity contribution in [2.75, 3.05) is 0 Å². The number of halogens is 1. The molecule has 0 N–H and O–H groups in total. The van der Waals surface area contributed by atoms with Crippen LogP contribution in [-0.2, 0) is 9.53 Å². The maximum Gasteiger partial charge on any atom is 0.306 e. The molecule has 0 aromatic rings. The zero-order valence-electron chi connectivity index (χ0n) is 7.42. The zero-order chi connectivity index (χ0) is 7.98. The summed E-state index contributed by atoms with van der Waals surface area (Å²) in [6.45, 7) is 5.79. The lowest BCUT2D eigenvalue weighted by molar-refractivity contribution is -0.147. The third-order valence-corrected chi connectivity index (χ3v) is 1.10. The largest absolute Gasteiger partial charge is 0.463 e. The summed E-state index contributed by atoms with van der Waals surface area (Å²) in [7, 11) is 0. The standard InChI is InChI=1S/C8H16O2.HI/c1-4-5-6-8(9)10-7(2)3;/h7H,4-6H2,1-3H3;1H. The van der Waals surface area contributed by atoms with Gasteiger partial charge in [0.15, 0.2) is 0 Å². The van der Waals surface area contributed by atoms with E-state index in [1.807, 2.05) is 13.8 Å². The molecule has 0 aliphatic heterocycles. The lowest BCUT2D eigenvalue weighted by Gasteiger charge is -2.06. The van der Waals surface area contributed by atoms with E-state index in [1.165, 1.54) is 0 Å². The molecule has 0 aromatic heterocycles. The van der Waals surface area contributed by atoms with Crippen LogP contribution in [0.15, 0.2) is 0 Å². The second-order valence-electron chi connectivity index (χ2n) is 2.64. The molecule has 0 spiro atoms. The fourth-order valence-corrected chi connectivity index (χ4v) is 0.643. The Bertz CT molecular complexity index is 102. The van der Waals surface area contributed by atoms with Crippen LogP contribution in [0.5, 0.6) is 0 Å². The number of hydrogen-bond acceptors (Lipinski definition) is 2. The highest BCUT2D eigenvalue weighted by Gasteiger charge is 2.02. The molecule has 0 fully saturated rings. The van der Waals surface area contributed by atoms with Crippen molar-refractivity contribution in [1.29, 1.82) is 0 Å². The number of rotatable bonds is 4. The van der Waals surface area contributed by atoms with Crippen LogP contribution in [0.25, 0.3) is 0 Å². The van der Waals surface area contributed by atoms with E-state index in [9.17, 15) is 4.79 Å². The van der Waals surface area contributed by atoms with Crippen LogP contribution < -0.4 is 0 Å². The molecule has 3 heteroatoms. The molecule has 0 radical (unpaired) electrons. The molecule has 0 atom stereocenters. The van der Waals surface area contributed by atoms with Gasteiger partial charge in [-0.15, -0.1) is 24.0 Å². The van der Waals surface area contributed by atoms with Gasteiger partial charge in [-0.3, -0.25) is 4.79 Å². The van der Waals surface area contributed by atoms with Crippen molar-refractivity contribution in [2.24, 2.45) is 0 Å². The Balaban J connectivity index is 0. The van der Waals surface area contributed by atoms with Crippen LogP contribution in [0, 0.1) is 0 Å². The van der Waals surface area contributed by atoms with E-state index in [2.05, 4.69) is 6.92 Å². The number of carbonyl (C=O) groups is 1. The zero-order valence-corrected chi connectivity index (χ0v) is 9.75. The van der Waals surface area contributed by atoms with Crippen molar-refractivity contribution in [2.45, 2.75) is 46.1 Å². The van der Waals surface area contributed by atoms with E-state index in [1.54, 1.807) is 0 Å². The monoisotopic (exact) mass is 272 g/mol. The van der Waals surface area contributed by atoms with Gasteiger partial charge >= 0.3 is 5.97 Å². The summed E-state index contributed by atoms with van der Waals surface area (Å²) in [6, 6.07) is 0. The lowest BCUT2D eigenvalue weighted by Crippen LogP contribution is -2.10. The molecule has 2 nitrogen and oxygen atoms in total. The molecule has 0 saturated carbocycles. The van der Waals surface area contributed by atoms with Crippen LogP contribution in [0.3, 0.4) is 0 Å². The number of ether oxygens (including phenoxy) is 1. The van der Waals surface area contributed by atoms with Crippen molar-refractivity contribution in [1.82, 2.24) is 0 Å². The molecule has 0 aromatic carbocycles. The fourth-order valence-electron chi connectivity index (χ4n) is 0.643. The predicted molar refractivity (Wildman–Crippen MR) is 56.2 cm³/mol. The van der Waals surface area contributed by atoms with Gasteiger partial charge in [-0.1, -0.05) is 13.3 Å². The Hall–Kier alpha value is 0.200. The Morgan fingerprint density at radius 2 is 2.00 bits per heavy atom. The predicted octanol–water partition coefficient (Wildman–Crippen LogP) is 2.75. The highest BCUT2D eigenvalue weighted by Crippen LogP contribution is 1.98. The van der Waals surface area contributed by atoms with Crippen molar-refractivity contribution in [3.8, 4) is 0 Å². The first-order valence-corrected chi connectivity index (χ1v) is 3.86. The third-order valence-electron chi connectivity index (χ3n) is 1.10. The summed E-state index contributed by atoms with van der Waals surface area (Å²) < 4.78 is 4.91. The van der Waals surface area contributed by atoms with Crippen LogP contribution in [0.4, 0.5) is 0 Å². The molecule has 0 unspecified atom stereocenters. The van der Waals surface area contributed by atoms with E-state index in [0.29, 0.717) is 6.42 Å².